The second-order valence-electron chi connectivity index (χ2n) is 6.86. The molecule has 0 N–H and O–H groups in total. The van der Waals surface area contributed by atoms with Gasteiger partial charge in [-0.15, -0.1) is 6.58 Å². The minimum Gasteiger partial charge on any atom is -0.338 e. The summed E-state index contributed by atoms with van der Waals surface area (Å²) in [6.45, 7) is 16.3. The lowest BCUT2D eigenvalue weighted by Gasteiger charge is -2.33. The molecule has 5 heteroatoms. The molecule has 0 fully saturated rings. The van der Waals surface area contributed by atoms with Gasteiger partial charge in [-0.2, -0.15) is 13.2 Å². The summed E-state index contributed by atoms with van der Waals surface area (Å²) in [5.74, 6) is -1.78. The van der Waals surface area contributed by atoms with E-state index in [0.717, 1.165) is 17.7 Å². The number of hydrogen-bond acceptors (Lipinski definition) is 1. The molecule has 132 valence electrons. The van der Waals surface area contributed by atoms with Gasteiger partial charge in [0.1, 0.15) is 0 Å². The van der Waals surface area contributed by atoms with Crippen LogP contribution in [0.1, 0.15) is 60.8 Å². The van der Waals surface area contributed by atoms with Gasteiger partial charge >= 0.3 is 12.1 Å². The summed E-state index contributed by atoms with van der Waals surface area (Å²) in [7, 11) is 1.19. The van der Waals surface area contributed by atoms with E-state index in [1.54, 1.807) is 0 Å². The molecule has 0 aromatic heterocycles. The van der Waals surface area contributed by atoms with Gasteiger partial charge in [0.15, 0.2) is 0 Å². The molecule has 22 heavy (non-hydrogen) atoms. The monoisotopic (exact) mass is 323 g/mol. The Morgan fingerprint density at radius 3 is 1.95 bits per heavy atom. The Morgan fingerprint density at radius 2 is 1.59 bits per heavy atom. The average Bonchev–Trinajstić information content (AvgIpc) is 2.37. The molecule has 0 aromatic carbocycles. The van der Waals surface area contributed by atoms with E-state index in [1.165, 1.54) is 7.05 Å². The highest BCUT2D eigenvalue weighted by Crippen LogP contribution is 2.37. The third kappa shape index (κ3) is 9.85. The lowest BCUT2D eigenvalue weighted by molar-refractivity contribution is -0.184. The number of halogens is 3. The maximum absolute atomic E-state index is 12.2. The Balaban J connectivity index is 0. The Bertz CT molecular complexity index is 346. The van der Waals surface area contributed by atoms with Crippen molar-refractivity contribution < 1.29 is 18.0 Å². The van der Waals surface area contributed by atoms with Crippen molar-refractivity contribution in [2.45, 2.75) is 67.0 Å². The summed E-state index contributed by atoms with van der Waals surface area (Å²) in [5.41, 5.74) is -0.00298. The van der Waals surface area contributed by atoms with Crippen molar-refractivity contribution >= 4 is 5.91 Å². The Hall–Kier alpha value is -1.00. The van der Waals surface area contributed by atoms with Gasteiger partial charge < -0.3 is 4.90 Å². The molecule has 0 spiro atoms. The van der Waals surface area contributed by atoms with Gasteiger partial charge in [-0.1, -0.05) is 47.6 Å². The van der Waals surface area contributed by atoms with E-state index >= 15 is 0 Å². The van der Waals surface area contributed by atoms with Crippen molar-refractivity contribution in [1.82, 2.24) is 4.90 Å². The number of alkyl halides is 3. The topological polar surface area (TPSA) is 20.3 Å². The number of carbonyl (C=O) groups is 1. The summed E-state index contributed by atoms with van der Waals surface area (Å²) >= 11 is 0. The van der Waals surface area contributed by atoms with E-state index in [-0.39, 0.29) is 17.4 Å². The van der Waals surface area contributed by atoms with Gasteiger partial charge in [0.2, 0.25) is 0 Å². The molecule has 0 saturated carbocycles. The molecule has 0 aromatic rings. The minimum atomic E-state index is -4.78. The molecule has 0 unspecified atom stereocenters. The number of carbonyl (C=O) groups excluding carboxylic acids is 1. The fraction of sp³-hybridized carbons (Fsp3) is 0.824. The third-order valence-electron chi connectivity index (χ3n) is 3.42. The smallest absolute Gasteiger partial charge is 0.338 e. The highest BCUT2D eigenvalue weighted by molar-refractivity contribution is 5.81. The standard InChI is InChI=1S/C15H26F3NO.C2H6/c1-7-13(2,3)11-14(4,5)9-8-10-19(6)12(20)15(16,17)18;1-2/h7H,1,8-11H2,2-6H3;1-2H3. The molecule has 0 heterocycles. The predicted octanol–water partition coefficient (Wildman–Crippen LogP) is 5.44. The highest BCUT2D eigenvalue weighted by atomic mass is 19.4. The van der Waals surface area contributed by atoms with Crippen LogP contribution in [-0.2, 0) is 4.79 Å². The molecule has 0 rings (SSSR count). The first-order valence-corrected chi connectivity index (χ1v) is 7.77. The normalized spacial score (nSPS) is 12.3. The van der Waals surface area contributed by atoms with Crippen LogP contribution in [0.4, 0.5) is 13.2 Å². The molecular weight excluding hydrogens is 291 g/mol. The van der Waals surface area contributed by atoms with E-state index < -0.39 is 12.1 Å². The summed E-state index contributed by atoms with van der Waals surface area (Å²) in [4.78, 5) is 11.7. The quantitative estimate of drug-likeness (QED) is 0.571. The van der Waals surface area contributed by atoms with Gasteiger partial charge in [-0.25, -0.2) is 0 Å². The van der Waals surface area contributed by atoms with Crippen molar-refractivity contribution in [3.63, 3.8) is 0 Å². The maximum atomic E-state index is 12.2. The van der Waals surface area contributed by atoms with Crippen molar-refractivity contribution in [3.8, 4) is 0 Å². The number of nitrogens with zero attached hydrogens (tertiary/aromatic N) is 1. The molecule has 0 radical (unpaired) electrons. The van der Waals surface area contributed by atoms with E-state index in [4.69, 9.17) is 0 Å². The third-order valence-corrected chi connectivity index (χ3v) is 3.42. The first-order chi connectivity index (χ1) is 9.81. The summed E-state index contributed by atoms with van der Waals surface area (Å²) in [6.07, 6.45) is -0.665. The van der Waals surface area contributed by atoms with Crippen LogP contribution < -0.4 is 0 Å². The predicted molar refractivity (Wildman–Crippen MR) is 86.7 cm³/mol. The second-order valence-corrected chi connectivity index (χ2v) is 6.86. The number of allylic oxidation sites excluding steroid dienone is 1. The minimum absolute atomic E-state index is 0.000188. The van der Waals surface area contributed by atoms with Crippen molar-refractivity contribution in [2.75, 3.05) is 13.6 Å². The molecule has 0 bridgehead atoms. The summed E-state index contributed by atoms with van der Waals surface area (Å²) in [6, 6.07) is 0. The van der Waals surface area contributed by atoms with Gasteiger partial charge in [-0.05, 0) is 30.1 Å². The van der Waals surface area contributed by atoms with Gasteiger partial charge in [-0.3, -0.25) is 4.79 Å². The largest absolute Gasteiger partial charge is 0.471 e. The summed E-state index contributed by atoms with van der Waals surface area (Å²) < 4.78 is 36.7. The Labute approximate surface area is 133 Å². The van der Waals surface area contributed by atoms with E-state index in [9.17, 15) is 18.0 Å². The van der Waals surface area contributed by atoms with E-state index in [0.29, 0.717) is 6.42 Å². The lowest BCUT2D eigenvalue weighted by atomic mass is 9.73. The van der Waals surface area contributed by atoms with Crippen LogP contribution in [0.5, 0.6) is 0 Å². The lowest BCUT2D eigenvalue weighted by Crippen LogP contribution is -2.39. The van der Waals surface area contributed by atoms with Crippen LogP contribution >= 0.6 is 0 Å². The first-order valence-electron chi connectivity index (χ1n) is 7.77. The van der Waals surface area contributed by atoms with Crippen LogP contribution in [0.15, 0.2) is 12.7 Å². The number of rotatable bonds is 7. The number of amides is 1. The van der Waals surface area contributed by atoms with Crippen LogP contribution in [0.25, 0.3) is 0 Å². The van der Waals surface area contributed by atoms with E-state index in [2.05, 4.69) is 34.3 Å². The Kier molecular flexibility index (Phi) is 9.74. The Morgan fingerprint density at radius 1 is 1.14 bits per heavy atom. The molecular formula is C17H32F3NO. The molecule has 1 amide bonds. The zero-order valence-corrected chi connectivity index (χ0v) is 15.1. The van der Waals surface area contributed by atoms with Crippen molar-refractivity contribution in [3.05, 3.63) is 12.7 Å². The molecule has 0 atom stereocenters. The van der Waals surface area contributed by atoms with Gasteiger partial charge in [0.05, 0.1) is 0 Å². The molecule has 2 nitrogen and oxygen atoms in total. The molecule has 0 saturated heterocycles. The van der Waals surface area contributed by atoms with Gasteiger partial charge in [0.25, 0.3) is 0 Å². The van der Waals surface area contributed by atoms with Crippen LogP contribution in [0, 0.1) is 10.8 Å². The first kappa shape index (κ1) is 23.3. The highest BCUT2D eigenvalue weighted by Gasteiger charge is 2.41. The zero-order valence-electron chi connectivity index (χ0n) is 15.1. The fourth-order valence-corrected chi connectivity index (χ4v) is 2.51. The van der Waals surface area contributed by atoms with Crippen LogP contribution in [-0.4, -0.2) is 30.6 Å². The van der Waals surface area contributed by atoms with Crippen LogP contribution in [0.2, 0.25) is 0 Å². The van der Waals surface area contributed by atoms with Crippen molar-refractivity contribution in [2.24, 2.45) is 10.8 Å². The van der Waals surface area contributed by atoms with Crippen LogP contribution in [0.3, 0.4) is 0 Å². The second kappa shape index (κ2) is 9.21. The molecule has 0 aliphatic heterocycles. The van der Waals surface area contributed by atoms with Gasteiger partial charge in [0, 0.05) is 13.6 Å². The van der Waals surface area contributed by atoms with Crippen molar-refractivity contribution in [1.29, 1.82) is 0 Å². The molecule has 0 aliphatic rings. The molecule has 0 aliphatic carbocycles. The number of hydrogen-bond donors (Lipinski definition) is 0. The maximum Gasteiger partial charge on any atom is 0.471 e. The zero-order chi connectivity index (χ0) is 18.2. The SMILES string of the molecule is C=CC(C)(C)CC(C)(C)CCCN(C)C(=O)C(F)(F)F.CC. The fourth-order valence-electron chi connectivity index (χ4n) is 2.51. The van der Waals surface area contributed by atoms with E-state index in [1.807, 2.05) is 19.9 Å². The average molecular weight is 323 g/mol. The summed E-state index contributed by atoms with van der Waals surface area (Å²) in [5, 5.41) is 0.